The molecule has 140 valence electrons. The molecular weight excluding hydrogens is 350 g/mol. The average Bonchev–Trinajstić information content (AvgIpc) is 2.74. The number of hydrogen-bond donors (Lipinski definition) is 1. The molecule has 1 N–H and O–H groups in total. The van der Waals surface area contributed by atoms with E-state index in [1.807, 2.05) is 60.7 Å². The summed E-state index contributed by atoms with van der Waals surface area (Å²) in [5.41, 5.74) is 3.03. The van der Waals surface area contributed by atoms with Gasteiger partial charge >= 0.3 is 5.97 Å². The van der Waals surface area contributed by atoms with Crippen LogP contribution in [0.15, 0.2) is 84.9 Å². The van der Waals surface area contributed by atoms with Crippen molar-refractivity contribution in [3.8, 4) is 0 Å². The van der Waals surface area contributed by atoms with Crippen LogP contribution in [0.25, 0.3) is 0 Å². The van der Waals surface area contributed by atoms with E-state index in [0.717, 1.165) is 11.1 Å². The number of aliphatic carboxylic acids is 1. The Morgan fingerprint density at radius 1 is 0.857 bits per heavy atom. The van der Waals surface area contributed by atoms with Crippen LogP contribution in [0.4, 0.5) is 0 Å². The van der Waals surface area contributed by atoms with Gasteiger partial charge in [0.2, 0.25) is 0 Å². The first-order chi connectivity index (χ1) is 13.7. The van der Waals surface area contributed by atoms with Gasteiger partial charge in [-0.15, -0.1) is 0 Å². The van der Waals surface area contributed by atoms with Gasteiger partial charge in [0.15, 0.2) is 0 Å². The highest BCUT2D eigenvalue weighted by Gasteiger charge is 2.43. The molecule has 4 nitrogen and oxygen atoms in total. The molecule has 4 heteroatoms. The highest BCUT2D eigenvalue weighted by atomic mass is 16.4. The fourth-order valence-electron chi connectivity index (χ4n) is 4.02. The quantitative estimate of drug-likeness (QED) is 0.728. The van der Waals surface area contributed by atoms with Crippen LogP contribution < -0.4 is 0 Å². The van der Waals surface area contributed by atoms with Crippen LogP contribution in [-0.2, 0) is 11.2 Å². The molecular formula is C24H21NO3. The summed E-state index contributed by atoms with van der Waals surface area (Å²) in [6.45, 7) is 0.459. The Balaban J connectivity index is 1.79. The normalized spacial score (nSPS) is 18.6. The summed E-state index contributed by atoms with van der Waals surface area (Å²) < 4.78 is 0. The van der Waals surface area contributed by atoms with Crippen LogP contribution >= 0.6 is 0 Å². The molecule has 4 rings (SSSR count). The minimum Gasteiger partial charge on any atom is -0.481 e. The molecule has 1 heterocycles. The van der Waals surface area contributed by atoms with E-state index < -0.39 is 17.9 Å². The Morgan fingerprint density at radius 2 is 1.46 bits per heavy atom. The van der Waals surface area contributed by atoms with Gasteiger partial charge in [-0.1, -0.05) is 78.9 Å². The minimum atomic E-state index is -0.918. The number of carboxylic acid groups (broad SMARTS) is 1. The lowest BCUT2D eigenvalue weighted by Gasteiger charge is -2.41. The monoisotopic (exact) mass is 371 g/mol. The third-order valence-electron chi connectivity index (χ3n) is 5.33. The van der Waals surface area contributed by atoms with Crippen molar-refractivity contribution >= 4 is 11.9 Å². The Labute approximate surface area is 164 Å². The zero-order valence-electron chi connectivity index (χ0n) is 15.4. The van der Waals surface area contributed by atoms with Gasteiger partial charge in [-0.25, -0.2) is 0 Å². The van der Waals surface area contributed by atoms with Gasteiger partial charge in [0, 0.05) is 12.1 Å². The first kappa shape index (κ1) is 18.0. The van der Waals surface area contributed by atoms with Crippen molar-refractivity contribution in [1.29, 1.82) is 0 Å². The highest BCUT2D eigenvalue weighted by molar-refractivity contribution is 6.00. The molecule has 0 saturated heterocycles. The van der Waals surface area contributed by atoms with Crippen molar-refractivity contribution in [2.24, 2.45) is 0 Å². The number of carboxylic acids is 1. The lowest BCUT2D eigenvalue weighted by atomic mass is 9.79. The van der Waals surface area contributed by atoms with Crippen molar-refractivity contribution in [2.75, 3.05) is 6.54 Å². The third kappa shape index (κ3) is 3.29. The first-order valence-corrected chi connectivity index (χ1v) is 9.38. The van der Waals surface area contributed by atoms with E-state index >= 15 is 0 Å². The molecule has 28 heavy (non-hydrogen) atoms. The molecule has 0 radical (unpaired) electrons. The lowest BCUT2D eigenvalue weighted by molar-refractivity contribution is -0.140. The van der Waals surface area contributed by atoms with Gasteiger partial charge in [0.05, 0.1) is 6.04 Å². The molecule has 0 fully saturated rings. The van der Waals surface area contributed by atoms with Crippen molar-refractivity contribution in [2.45, 2.75) is 18.4 Å². The number of carbonyl (C=O) groups excluding carboxylic acids is 1. The topological polar surface area (TPSA) is 57.6 Å². The second-order valence-electron chi connectivity index (χ2n) is 6.99. The number of carbonyl (C=O) groups is 2. The fourth-order valence-corrected chi connectivity index (χ4v) is 4.02. The molecule has 1 amide bonds. The third-order valence-corrected chi connectivity index (χ3v) is 5.33. The Kier molecular flexibility index (Phi) is 4.94. The van der Waals surface area contributed by atoms with Gasteiger partial charge < -0.3 is 10.0 Å². The van der Waals surface area contributed by atoms with E-state index in [1.165, 1.54) is 0 Å². The van der Waals surface area contributed by atoms with Gasteiger partial charge in [0.1, 0.15) is 5.92 Å². The number of hydrogen-bond acceptors (Lipinski definition) is 2. The molecule has 3 aromatic rings. The molecule has 0 bridgehead atoms. The average molecular weight is 371 g/mol. The van der Waals surface area contributed by atoms with Crippen LogP contribution in [-0.4, -0.2) is 28.4 Å². The van der Waals surface area contributed by atoms with Crippen LogP contribution in [0.1, 0.15) is 39.0 Å². The van der Waals surface area contributed by atoms with Crippen LogP contribution in [0, 0.1) is 0 Å². The number of benzene rings is 3. The number of rotatable bonds is 5. The molecule has 0 aliphatic carbocycles. The van der Waals surface area contributed by atoms with Crippen LogP contribution in [0.5, 0.6) is 0 Å². The summed E-state index contributed by atoms with van der Waals surface area (Å²) in [6, 6.07) is 25.9. The SMILES string of the molecule is O=C(O)[C@H]1c2ccccc2C(=O)N(CCc2ccccc2)[C@@H]1c1ccccc1. The van der Waals surface area contributed by atoms with E-state index in [4.69, 9.17) is 0 Å². The first-order valence-electron chi connectivity index (χ1n) is 9.38. The zero-order valence-corrected chi connectivity index (χ0v) is 15.4. The molecule has 2 atom stereocenters. The summed E-state index contributed by atoms with van der Waals surface area (Å²) >= 11 is 0. The van der Waals surface area contributed by atoms with Crippen LogP contribution in [0.3, 0.4) is 0 Å². The van der Waals surface area contributed by atoms with Crippen molar-refractivity contribution in [3.63, 3.8) is 0 Å². The summed E-state index contributed by atoms with van der Waals surface area (Å²) in [6.07, 6.45) is 0.671. The van der Waals surface area contributed by atoms with Gasteiger partial charge in [-0.3, -0.25) is 9.59 Å². The maximum atomic E-state index is 13.3. The Morgan fingerprint density at radius 3 is 2.14 bits per heavy atom. The van der Waals surface area contributed by atoms with Crippen molar-refractivity contribution in [3.05, 3.63) is 107 Å². The van der Waals surface area contributed by atoms with Gasteiger partial charge in [-0.05, 0) is 29.2 Å². The Hall–Kier alpha value is -3.40. The number of nitrogens with zero attached hydrogens (tertiary/aromatic N) is 1. The second-order valence-corrected chi connectivity index (χ2v) is 6.99. The predicted octanol–water partition coefficient (Wildman–Crippen LogP) is 4.29. The van der Waals surface area contributed by atoms with Crippen molar-refractivity contribution in [1.82, 2.24) is 4.90 Å². The minimum absolute atomic E-state index is 0.113. The smallest absolute Gasteiger partial charge is 0.313 e. The molecule has 1 aliphatic rings. The Bertz CT molecular complexity index is 985. The summed E-state index contributed by atoms with van der Waals surface area (Å²) in [5, 5.41) is 10.1. The number of fused-ring (bicyclic) bond motifs is 1. The molecule has 0 saturated carbocycles. The lowest BCUT2D eigenvalue weighted by Crippen LogP contribution is -2.45. The molecule has 3 aromatic carbocycles. The van der Waals surface area contributed by atoms with E-state index in [0.29, 0.717) is 24.1 Å². The molecule has 0 spiro atoms. The second kappa shape index (κ2) is 7.69. The van der Waals surface area contributed by atoms with E-state index in [9.17, 15) is 14.7 Å². The van der Waals surface area contributed by atoms with Gasteiger partial charge in [-0.2, -0.15) is 0 Å². The molecule has 0 aromatic heterocycles. The predicted molar refractivity (Wildman–Crippen MR) is 107 cm³/mol. The maximum absolute atomic E-state index is 13.3. The molecule has 1 aliphatic heterocycles. The molecule has 0 unspecified atom stereocenters. The highest BCUT2D eigenvalue weighted by Crippen LogP contribution is 2.42. The zero-order chi connectivity index (χ0) is 19.5. The van der Waals surface area contributed by atoms with E-state index in [2.05, 4.69) is 0 Å². The standard InChI is InChI=1S/C24H21NO3/c26-23-20-14-8-7-13-19(20)21(24(27)28)22(18-11-5-2-6-12-18)25(23)16-15-17-9-3-1-4-10-17/h1-14,21-22H,15-16H2,(H,27,28)/t21-,22+/m0/s1. The summed E-state index contributed by atoms with van der Waals surface area (Å²) in [5.74, 6) is -1.83. The summed E-state index contributed by atoms with van der Waals surface area (Å²) in [7, 11) is 0. The van der Waals surface area contributed by atoms with Gasteiger partial charge in [0.25, 0.3) is 5.91 Å². The van der Waals surface area contributed by atoms with Crippen LogP contribution in [0.2, 0.25) is 0 Å². The maximum Gasteiger partial charge on any atom is 0.313 e. The number of amides is 1. The van der Waals surface area contributed by atoms with Crippen molar-refractivity contribution < 1.29 is 14.7 Å². The van der Waals surface area contributed by atoms with E-state index in [-0.39, 0.29) is 5.91 Å². The fraction of sp³-hybridized carbons (Fsp3) is 0.167. The summed E-state index contributed by atoms with van der Waals surface area (Å²) in [4.78, 5) is 27.3. The van der Waals surface area contributed by atoms with E-state index in [1.54, 1.807) is 29.2 Å². The largest absolute Gasteiger partial charge is 0.481 e.